The molecule has 0 aromatic heterocycles. The fraction of sp³-hybridized carbons (Fsp3) is 0. The first-order valence-electron chi connectivity index (χ1n) is 8.54. The molecule has 0 aliphatic rings. The number of carboxylic acid groups (broad SMARTS) is 2. The van der Waals surface area contributed by atoms with Crippen molar-refractivity contribution in [1.29, 1.82) is 0 Å². The van der Waals surface area contributed by atoms with Gasteiger partial charge in [-0.25, -0.2) is 9.59 Å². The van der Waals surface area contributed by atoms with Crippen LogP contribution in [0.4, 0.5) is 22.7 Å². The second-order valence-electron chi connectivity index (χ2n) is 4.99. The quantitative estimate of drug-likeness (QED) is 0.0789. The van der Waals surface area contributed by atoms with Gasteiger partial charge < -0.3 is 26.1 Å². The molecule has 36 heavy (non-hydrogen) atoms. The number of nitrogens with two attached hydrogens (primary N) is 1. The van der Waals surface area contributed by atoms with Crippen molar-refractivity contribution in [2.45, 2.75) is 0 Å². The van der Waals surface area contributed by atoms with E-state index in [1.807, 2.05) is 0 Å². The zero-order chi connectivity index (χ0) is 27.0. The van der Waals surface area contributed by atoms with Crippen molar-refractivity contribution in [2.24, 2.45) is 0 Å². The molecule has 0 saturated carbocycles. The fourth-order valence-corrected chi connectivity index (χ4v) is 1.99. The van der Waals surface area contributed by atoms with Crippen molar-refractivity contribution in [3.8, 4) is 0 Å². The van der Waals surface area contributed by atoms with Gasteiger partial charge in [0.2, 0.25) is 5.56 Å². The molecule has 21 heteroatoms. The number of carboxylic acids is 2. The number of carbonyl (C=O) groups excluding carboxylic acids is 1. The Morgan fingerprint density at radius 2 is 1.11 bits per heavy atom. The zero-order valence-electron chi connectivity index (χ0n) is 18.8. The van der Waals surface area contributed by atoms with E-state index in [9.17, 15) is 39.9 Å². The van der Waals surface area contributed by atoms with Gasteiger partial charge in [0.05, 0.1) is 20.5 Å². The van der Waals surface area contributed by atoms with Gasteiger partial charge in [-0.2, -0.15) is 13.5 Å². The average Bonchev–Trinajstić information content (AvgIpc) is 2.79. The molecule has 17 nitrogen and oxygen atoms in total. The van der Waals surface area contributed by atoms with Gasteiger partial charge in [-0.05, 0) is 12.1 Å². The van der Waals surface area contributed by atoms with E-state index in [1.165, 1.54) is 55.8 Å². The Labute approximate surface area is 258 Å². The number of aromatic carboxylic acids is 2. The van der Waals surface area contributed by atoms with Crippen LogP contribution >= 0.6 is 13.5 Å². The number of hydrogen-bond donors (Lipinski definition) is 3. The van der Waals surface area contributed by atoms with Crippen LogP contribution in [-0.2, 0) is 9.68 Å². The van der Waals surface area contributed by atoms with E-state index in [-0.39, 0.29) is 55.2 Å². The fourth-order valence-electron chi connectivity index (χ4n) is 1.99. The number of carbonyl (C=O) groups is 3. The topological polar surface area (TPSA) is 279 Å². The molecule has 0 spiro atoms. The van der Waals surface area contributed by atoms with E-state index in [0.29, 0.717) is 0 Å². The molecule has 0 heterocycles. The van der Waals surface area contributed by atoms with Crippen LogP contribution in [0, 0.1) is 30.3 Å². The monoisotopic (exact) mass is 558 g/mol. The van der Waals surface area contributed by atoms with Crippen LogP contribution in [0.2, 0.25) is 0 Å². The average molecular weight is 558 g/mol. The SMILES string of the molecule is Nc1cccc([N+](=O)[O-])c1C(=O)O.O=C(O)c1c([N+](=O)[O-])cccc1[N+](=O)[O-].O=CO[O-].S.[Na+].[Na][Na]. The first-order chi connectivity index (χ1) is 15.9. The predicted octanol–water partition coefficient (Wildman–Crippen LogP) is -3.13. The number of benzene rings is 2. The third-order valence-electron chi connectivity index (χ3n) is 3.15. The second-order valence-corrected chi connectivity index (χ2v) is 4.99. The number of nitrogen functional groups attached to an aromatic ring is 1. The van der Waals surface area contributed by atoms with Gasteiger partial charge in [0.25, 0.3) is 23.5 Å². The molecule has 0 saturated heterocycles. The van der Waals surface area contributed by atoms with Gasteiger partial charge in [-0.1, -0.05) is 6.07 Å². The van der Waals surface area contributed by atoms with Crippen molar-refractivity contribution < 1.29 is 79.1 Å². The van der Waals surface area contributed by atoms with Gasteiger partial charge in [0, 0.05) is 18.2 Å². The van der Waals surface area contributed by atoms with Gasteiger partial charge in [-0.3, -0.25) is 35.1 Å². The molecule has 4 N–H and O–H groups in total. The summed E-state index contributed by atoms with van der Waals surface area (Å²) in [6.45, 7) is -0.181. The third-order valence-corrected chi connectivity index (χ3v) is 3.15. The summed E-state index contributed by atoms with van der Waals surface area (Å²) in [7, 11) is 0. The molecule has 0 amide bonds. The van der Waals surface area contributed by atoms with Crippen LogP contribution in [-0.4, -0.2) is 87.0 Å². The van der Waals surface area contributed by atoms with Crippen LogP contribution in [0.15, 0.2) is 36.4 Å². The Morgan fingerprint density at radius 1 is 0.833 bits per heavy atom. The molecular weight excluding hydrogens is 545 g/mol. The van der Waals surface area contributed by atoms with Crippen LogP contribution in [0.3, 0.4) is 0 Å². The Morgan fingerprint density at radius 3 is 1.33 bits per heavy atom. The molecule has 0 unspecified atom stereocenters. The number of nitro groups is 3. The predicted molar refractivity (Wildman–Crippen MR) is 120 cm³/mol. The van der Waals surface area contributed by atoms with Gasteiger partial charge >= 0.3 is 85.1 Å². The normalized spacial score (nSPS) is 8.25. The van der Waals surface area contributed by atoms with Crippen LogP contribution < -0.4 is 40.5 Å². The van der Waals surface area contributed by atoms with Gasteiger partial charge in [-0.15, -0.1) is 0 Å². The molecule has 0 aliphatic heterocycles. The van der Waals surface area contributed by atoms with Gasteiger partial charge in [0.15, 0.2) is 5.56 Å². The van der Waals surface area contributed by atoms with Crippen molar-refractivity contribution in [2.75, 3.05) is 5.73 Å². The maximum absolute atomic E-state index is 10.6. The van der Waals surface area contributed by atoms with Gasteiger partial charge in [0.1, 0.15) is 0 Å². The summed E-state index contributed by atoms with van der Waals surface area (Å²) in [5, 5.41) is 56.9. The molecule has 180 valence electrons. The number of nitro benzene ring substituents is 3. The standard InChI is InChI=1S/C7H4N2O6.C7H6N2O4.CH2O3.3Na.H2S/c10-7(11)6-4(8(12)13)2-1-3-5(6)9(14)15;8-4-2-1-3-5(9(12)13)6(4)7(10)11;2-1-4-3;;;;/h1-3H,(H,10,11);1-3H,8H2,(H,10,11);1,3H;;;;1H2/q;;;;;+1;/p-1. The van der Waals surface area contributed by atoms with Crippen LogP contribution in [0.1, 0.15) is 20.7 Å². The van der Waals surface area contributed by atoms with E-state index >= 15 is 0 Å². The summed E-state index contributed by atoms with van der Waals surface area (Å²) in [5.74, 6) is -3.10. The van der Waals surface area contributed by atoms with Crippen molar-refractivity contribution in [1.82, 2.24) is 0 Å². The molecule has 0 bridgehead atoms. The first-order valence-corrected chi connectivity index (χ1v) is 16.5. The van der Waals surface area contributed by atoms with E-state index in [4.69, 9.17) is 26.0 Å². The van der Waals surface area contributed by atoms with Crippen LogP contribution in [0.5, 0.6) is 0 Å². The van der Waals surface area contributed by atoms with E-state index < -0.39 is 54.9 Å². The molecule has 2 aromatic carbocycles. The molecule has 2 rings (SSSR count). The number of rotatable bonds is 6. The minimum absolute atomic E-state index is 0. The summed E-state index contributed by atoms with van der Waals surface area (Å²) in [4.78, 5) is 60.9. The number of anilines is 1. The van der Waals surface area contributed by atoms with Crippen molar-refractivity contribution in [3.05, 3.63) is 77.9 Å². The Balaban J connectivity index is -0.000000224. The molecule has 0 radical (unpaired) electrons. The minimum atomic E-state index is -1.70. The van der Waals surface area contributed by atoms with E-state index in [2.05, 4.69) is 4.89 Å². The maximum atomic E-state index is 10.6. The van der Waals surface area contributed by atoms with E-state index in [0.717, 1.165) is 24.3 Å². The molecule has 0 aliphatic carbocycles. The summed E-state index contributed by atoms with van der Waals surface area (Å²) in [6.07, 6.45) is 0. The van der Waals surface area contributed by atoms with Crippen molar-refractivity contribution in [3.63, 3.8) is 0 Å². The second kappa shape index (κ2) is 22.4. The Bertz CT molecular complexity index is 1040. The van der Waals surface area contributed by atoms with Crippen LogP contribution in [0.25, 0.3) is 0 Å². The summed E-state index contributed by atoms with van der Waals surface area (Å²) >= 11 is 2.89. The molecule has 0 fully saturated rings. The third kappa shape index (κ3) is 14.0. The van der Waals surface area contributed by atoms with E-state index in [1.54, 1.807) is 0 Å². The zero-order valence-corrected chi connectivity index (χ0v) is 25.8. The van der Waals surface area contributed by atoms with Crippen molar-refractivity contribution >= 4 is 98.3 Å². The molecule has 2 aromatic rings. The number of hydrogen-bond acceptors (Lipinski definition) is 12. The molecule has 0 atom stereocenters. The molecular formula is C15H13N4Na3O13S. The summed E-state index contributed by atoms with van der Waals surface area (Å²) < 4.78 is 0. The number of nitrogens with zero attached hydrogens (tertiary/aromatic N) is 3. The Kier molecular flexibility index (Phi) is 25.7. The summed E-state index contributed by atoms with van der Waals surface area (Å²) in [6, 6.07) is 6.59. The first kappa shape index (κ1) is 41.3. The Hall–Kier alpha value is -1.84. The summed E-state index contributed by atoms with van der Waals surface area (Å²) in [5.41, 5.74) is 1.71.